The second-order valence-corrected chi connectivity index (χ2v) is 5.58. The third-order valence-corrected chi connectivity index (χ3v) is 3.81. The molecule has 0 saturated heterocycles. The molecule has 1 fully saturated rings. The monoisotopic (exact) mass is 455 g/mol. The van der Waals surface area contributed by atoms with Gasteiger partial charge < -0.3 is 20.1 Å². The van der Waals surface area contributed by atoms with Gasteiger partial charge in [0, 0.05) is 19.6 Å². The Morgan fingerprint density at radius 3 is 2.62 bits per heavy atom. The Morgan fingerprint density at radius 1 is 1.38 bits per heavy atom. The van der Waals surface area contributed by atoms with Gasteiger partial charge >= 0.3 is 6.61 Å². The summed E-state index contributed by atoms with van der Waals surface area (Å²) in [5.74, 6) is 1.79. The number of alkyl halides is 2. The molecular formula is C16H24F2IN3O2. The molecule has 2 unspecified atom stereocenters. The number of ether oxygens (including phenoxy) is 2. The van der Waals surface area contributed by atoms with Gasteiger partial charge in [0.15, 0.2) is 17.5 Å². The SMILES string of the molecule is CN=C(NCCc1ccc(OC)c(OC(F)F)c1)NC1CC1C.I. The molecule has 2 N–H and O–H groups in total. The van der Waals surface area contributed by atoms with Crippen LogP contribution in [0.25, 0.3) is 0 Å². The van der Waals surface area contributed by atoms with Crippen molar-refractivity contribution in [2.24, 2.45) is 10.9 Å². The smallest absolute Gasteiger partial charge is 0.387 e. The Kier molecular flexibility index (Phi) is 8.51. The first-order valence-electron chi connectivity index (χ1n) is 7.62. The molecule has 5 nitrogen and oxygen atoms in total. The highest BCUT2D eigenvalue weighted by Gasteiger charge is 2.33. The van der Waals surface area contributed by atoms with E-state index in [2.05, 4.69) is 27.3 Å². The summed E-state index contributed by atoms with van der Waals surface area (Å²) in [4.78, 5) is 4.17. The van der Waals surface area contributed by atoms with Crippen LogP contribution in [-0.2, 0) is 6.42 Å². The molecule has 1 aromatic carbocycles. The molecule has 1 aromatic rings. The third kappa shape index (κ3) is 6.29. The molecule has 1 aliphatic carbocycles. The lowest BCUT2D eigenvalue weighted by Gasteiger charge is -2.13. The largest absolute Gasteiger partial charge is 0.493 e. The summed E-state index contributed by atoms with van der Waals surface area (Å²) >= 11 is 0. The predicted molar refractivity (Wildman–Crippen MR) is 101 cm³/mol. The number of rotatable bonds is 7. The van der Waals surface area contributed by atoms with E-state index in [0.717, 1.165) is 17.9 Å². The number of guanidine groups is 1. The topological polar surface area (TPSA) is 54.9 Å². The highest BCUT2D eigenvalue weighted by Crippen LogP contribution is 2.30. The Hall–Kier alpha value is -1.32. The summed E-state index contributed by atoms with van der Waals surface area (Å²) in [5.41, 5.74) is 0.879. The number of hydrogen-bond acceptors (Lipinski definition) is 3. The van der Waals surface area contributed by atoms with E-state index in [1.807, 2.05) is 6.07 Å². The Labute approximate surface area is 158 Å². The van der Waals surface area contributed by atoms with Gasteiger partial charge in [-0.25, -0.2) is 0 Å². The van der Waals surface area contributed by atoms with Gasteiger partial charge in [-0.05, 0) is 36.5 Å². The van der Waals surface area contributed by atoms with Crippen molar-refractivity contribution in [2.75, 3.05) is 20.7 Å². The van der Waals surface area contributed by atoms with E-state index in [1.165, 1.54) is 7.11 Å². The molecule has 24 heavy (non-hydrogen) atoms. The van der Waals surface area contributed by atoms with Crippen LogP contribution in [0.1, 0.15) is 18.9 Å². The molecule has 0 radical (unpaired) electrons. The first-order chi connectivity index (χ1) is 11.0. The van der Waals surface area contributed by atoms with E-state index in [0.29, 0.717) is 30.7 Å². The van der Waals surface area contributed by atoms with Crippen LogP contribution in [0.5, 0.6) is 11.5 Å². The second kappa shape index (κ2) is 9.85. The molecule has 1 aliphatic rings. The van der Waals surface area contributed by atoms with Crippen molar-refractivity contribution in [3.63, 3.8) is 0 Å². The molecule has 0 amide bonds. The summed E-state index contributed by atoms with van der Waals surface area (Å²) in [6.07, 6.45) is 1.82. The van der Waals surface area contributed by atoms with Crippen molar-refractivity contribution >= 4 is 29.9 Å². The summed E-state index contributed by atoms with van der Waals surface area (Å²) < 4.78 is 34.3. The standard InChI is InChI=1S/C16H23F2N3O2.HI/c1-10-8-12(10)21-16(19-2)20-7-6-11-4-5-13(22-3)14(9-11)23-15(17)18;/h4-5,9-10,12,15H,6-8H2,1-3H3,(H2,19,20,21);1H. The normalized spacial score (nSPS) is 19.5. The van der Waals surface area contributed by atoms with Gasteiger partial charge in [-0.1, -0.05) is 13.0 Å². The van der Waals surface area contributed by atoms with Crippen LogP contribution in [0.3, 0.4) is 0 Å². The maximum absolute atomic E-state index is 12.4. The molecule has 136 valence electrons. The van der Waals surface area contributed by atoms with E-state index in [4.69, 9.17) is 4.74 Å². The number of nitrogens with one attached hydrogen (secondary N) is 2. The quantitative estimate of drug-likeness (QED) is 0.377. The van der Waals surface area contributed by atoms with Crippen molar-refractivity contribution in [2.45, 2.75) is 32.4 Å². The van der Waals surface area contributed by atoms with Crippen LogP contribution >= 0.6 is 24.0 Å². The van der Waals surface area contributed by atoms with Crippen molar-refractivity contribution in [3.8, 4) is 11.5 Å². The minimum atomic E-state index is -2.87. The van der Waals surface area contributed by atoms with Gasteiger partial charge in [-0.3, -0.25) is 4.99 Å². The molecule has 0 spiro atoms. The van der Waals surface area contributed by atoms with Crippen molar-refractivity contribution in [1.29, 1.82) is 0 Å². The minimum absolute atomic E-state index is 0. The van der Waals surface area contributed by atoms with Gasteiger partial charge in [0.2, 0.25) is 0 Å². The van der Waals surface area contributed by atoms with Gasteiger partial charge in [-0.2, -0.15) is 8.78 Å². The fourth-order valence-electron chi connectivity index (χ4n) is 2.28. The second-order valence-electron chi connectivity index (χ2n) is 5.58. The van der Waals surface area contributed by atoms with Crippen LogP contribution in [0.15, 0.2) is 23.2 Å². The van der Waals surface area contributed by atoms with Crippen molar-refractivity contribution in [1.82, 2.24) is 10.6 Å². The molecule has 0 heterocycles. The maximum atomic E-state index is 12.4. The first-order valence-corrected chi connectivity index (χ1v) is 7.62. The highest BCUT2D eigenvalue weighted by molar-refractivity contribution is 14.0. The summed E-state index contributed by atoms with van der Waals surface area (Å²) in [5, 5.41) is 6.54. The van der Waals surface area contributed by atoms with Crippen LogP contribution in [-0.4, -0.2) is 39.3 Å². The number of halogens is 3. The minimum Gasteiger partial charge on any atom is -0.493 e. The van der Waals surface area contributed by atoms with E-state index in [1.54, 1.807) is 19.2 Å². The fourth-order valence-corrected chi connectivity index (χ4v) is 2.28. The van der Waals surface area contributed by atoms with Crippen LogP contribution in [0.4, 0.5) is 8.78 Å². The summed E-state index contributed by atoms with van der Waals surface area (Å²) in [6.45, 7) is -0.0468. The lowest BCUT2D eigenvalue weighted by Crippen LogP contribution is -2.39. The zero-order chi connectivity index (χ0) is 16.8. The zero-order valence-corrected chi connectivity index (χ0v) is 16.3. The third-order valence-electron chi connectivity index (χ3n) is 3.81. The van der Waals surface area contributed by atoms with Gasteiger partial charge in [-0.15, -0.1) is 24.0 Å². The van der Waals surface area contributed by atoms with Crippen molar-refractivity contribution < 1.29 is 18.3 Å². The maximum Gasteiger partial charge on any atom is 0.387 e. The summed E-state index contributed by atoms with van der Waals surface area (Å²) in [7, 11) is 3.15. The molecule has 1 saturated carbocycles. The number of benzene rings is 1. The Morgan fingerprint density at radius 2 is 2.08 bits per heavy atom. The lowest BCUT2D eigenvalue weighted by molar-refractivity contribution is -0.0512. The molecule has 0 aromatic heterocycles. The Balaban J connectivity index is 0.00000288. The zero-order valence-electron chi connectivity index (χ0n) is 14.0. The molecule has 2 atom stereocenters. The van der Waals surface area contributed by atoms with Crippen molar-refractivity contribution in [3.05, 3.63) is 23.8 Å². The van der Waals surface area contributed by atoms with E-state index in [9.17, 15) is 8.78 Å². The lowest BCUT2D eigenvalue weighted by atomic mass is 10.1. The van der Waals surface area contributed by atoms with Crippen LogP contribution in [0.2, 0.25) is 0 Å². The van der Waals surface area contributed by atoms with E-state index in [-0.39, 0.29) is 29.7 Å². The molecule has 0 aliphatic heterocycles. The van der Waals surface area contributed by atoms with Gasteiger partial charge in [0.1, 0.15) is 0 Å². The number of hydrogen-bond donors (Lipinski definition) is 2. The van der Waals surface area contributed by atoms with Crippen LogP contribution < -0.4 is 20.1 Å². The Bertz CT molecular complexity index is 558. The van der Waals surface area contributed by atoms with E-state index >= 15 is 0 Å². The molecule has 2 rings (SSSR count). The average Bonchev–Trinajstić information content (AvgIpc) is 3.21. The fraction of sp³-hybridized carbons (Fsp3) is 0.562. The highest BCUT2D eigenvalue weighted by atomic mass is 127. The number of methoxy groups -OCH3 is 1. The first kappa shape index (κ1) is 20.7. The van der Waals surface area contributed by atoms with Gasteiger partial charge in [0.25, 0.3) is 0 Å². The molecule has 8 heteroatoms. The number of nitrogens with zero attached hydrogens (tertiary/aromatic N) is 1. The molecule has 0 bridgehead atoms. The van der Waals surface area contributed by atoms with E-state index < -0.39 is 6.61 Å². The van der Waals surface area contributed by atoms with Gasteiger partial charge in [0.05, 0.1) is 7.11 Å². The predicted octanol–water partition coefficient (Wildman–Crippen LogP) is 3.03. The average molecular weight is 455 g/mol. The number of aliphatic imine (C=N–C) groups is 1. The molecular weight excluding hydrogens is 431 g/mol. The van der Waals surface area contributed by atoms with Crippen LogP contribution in [0, 0.1) is 5.92 Å². The summed E-state index contributed by atoms with van der Waals surface area (Å²) in [6, 6.07) is 5.53.